The van der Waals surface area contributed by atoms with Crippen molar-refractivity contribution in [1.82, 2.24) is 10.2 Å². The molecule has 0 heterocycles. The maximum atomic E-state index is 13.1. The van der Waals surface area contributed by atoms with Gasteiger partial charge in [0, 0.05) is 32.1 Å². The second-order valence-corrected chi connectivity index (χ2v) is 5.51. The zero-order valence-electron chi connectivity index (χ0n) is 13.7. The molecular formula is C19H21FN2O2. The molecule has 0 unspecified atom stereocenters. The summed E-state index contributed by atoms with van der Waals surface area (Å²) in [4.78, 5) is 25.4. The quantitative estimate of drug-likeness (QED) is 0.849. The highest BCUT2D eigenvalue weighted by Gasteiger charge is 2.10. The van der Waals surface area contributed by atoms with Gasteiger partial charge in [-0.2, -0.15) is 0 Å². The van der Waals surface area contributed by atoms with E-state index < -0.39 is 5.82 Å². The average molecular weight is 328 g/mol. The van der Waals surface area contributed by atoms with Crippen LogP contribution in [0.4, 0.5) is 4.39 Å². The Hall–Kier alpha value is -2.69. The zero-order chi connectivity index (χ0) is 17.4. The maximum absolute atomic E-state index is 13.1. The Morgan fingerprint density at radius 1 is 1.04 bits per heavy atom. The number of hydrogen-bond donors (Lipinski definition) is 1. The van der Waals surface area contributed by atoms with Crippen LogP contribution in [0.15, 0.2) is 54.6 Å². The molecule has 2 amide bonds. The van der Waals surface area contributed by atoms with Gasteiger partial charge in [-0.15, -0.1) is 0 Å². The third-order valence-corrected chi connectivity index (χ3v) is 3.71. The van der Waals surface area contributed by atoms with E-state index in [1.54, 1.807) is 11.0 Å². The van der Waals surface area contributed by atoms with Crippen molar-refractivity contribution in [3.8, 4) is 0 Å². The lowest BCUT2D eigenvalue weighted by molar-refractivity contribution is -0.128. The van der Waals surface area contributed by atoms with Gasteiger partial charge in [-0.25, -0.2) is 4.39 Å². The summed E-state index contributed by atoms with van der Waals surface area (Å²) < 4.78 is 13.1. The van der Waals surface area contributed by atoms with Crippen molar-refractivity contribution in [3.05, 3.63) is 71.5 Å². The monoisotopic (exact) mass is 328 g/mol. The van der Waals surface area contributed by atoms with Gasteiger partial charge in [-0.05, 0) is 30.2 Å². The van der Waals surface area contributed by atoms with Crippen LogP contribution in [-0.2, 0) is 11.2 Å². The van der Waals surface area contributed by atoms with Gasteiger partial charge >= 0.3 is 0 Å². The number of carbonyl (C=O) groups excluding carboxylic acids is 2. The summed E-state index contributed by atoms with van der Waals surface area (Å²) in [5.41, 5.74) is 1.43. The number of rotatable bonds is 7. The first-order valence-corrected chi connectivity index (χ1v) is 7.89. The van der Waals surface area contributed by atoms with Gasteiger partial charge in [0.25, 0.3) is 5.91 Å². The summed E-state index contributed by atoms with van der Waals surface area (Å²) in [6, 6.07) is 15.4. The van der Waals surface area contributed by atoms with Crippen molar-refractivity contribution in [2.75, 3.05) is 19.6 Å². The van der Waals surface area contributed by atoms with Crippen molar-refractivity contribution in [1.29, 1.82) is 0 Å². The number of nitrogens with zero attached hydrogens (tertiary/aromatic N) is 1. The molecule has 0 bridgehead atoms. The fourth-order valence-corrected chi connectivity index (χ4v) is 2.37. The fourth-order valence-electron chi connectivity index (χ4n) is 2.37. The van der Waals surface area contributed by atoms with E-state index in [9.17, 15) is 14.0 Å². The normalized spacial score (nSPS) is 10.2. The lowest BCUT2D eigenvalue weighted by Crippen LogP contribution is -2.38. The molecule has 2 aromatic carbocycles. The molecular weight excluding hydrogens is 307 g/mol. The largest absolute Gasteiger partial charge is 0.350 e. The Bertz CT molecular complexity index is 689. The molecule has 5 heteroatoms. The van der Waals surface area contributed by atoms with Crippen LogP contribution in [-0.4, -0.2) is 36.3 Å². The maximum Gasteiger partial charge on any atom is 0.251 e. The minimum absolute atomic E-state index is 0.0362. The Balaban J connectivity index is 1.81. The van der Waals surface area contributed by atoms with E-state index in [1.807, 2.05) is 30.3 Å². The van der Waals surface area contributed by atoms with Crippen molar-refractivity contribution < 1.29 is 14.0 Å². The van der Waals surface area contributed by atoms with Gasteiger partial charge in [0.15, 0.2) is 0 Å². The summed E-state index contributed by atoms with van der Waals surface area (Å²) in [6.07, 6.45) is 0.762. The van der Waals surface area contributed by atoms with Crippen LogP contribution in [0.1, 0.15) is 22.8 Å². The number of amides is 2. The zero-order valence-corrected chi connectivity index (χ0v) is 13.7. The molecule has 0 saturated heterocycles. The first kappa shape index (κ1) is 17.7. The van der Waals surface area contributed by atoms with E-state index >= 15 is 0 Å². The fraction of sp³-hybridized carbons (Fsp3) is 0.263. The lowest BCUT2D eigenvalue weighted by Gasteiger charge is -2.21. The summed E-state index contributed by atoms with van der Waals surface area (Å²) in [7, 11) is 0. The third kappa shape index (κ3) is 5.50. The molecule has 0 saturated carbocycles. The first-order valence-electron chi connectivity index (χ1n) is 7.89. The van der Waals surface area contributed by atoms with E-state index in [4.69, 9.17) is 0 Å². The third-order valence-electron chi connectivity index (χ3n) is 3.71. The molecule has 1 N–H and O–H groups in total. The predicted molar refractivity (Wildman–Crippen MR) is 91.1 cm³/mol. The summed E-state index contributed by atoms with van der Waals surface area (Å²) in [5.74, 6) is -0.831. The smallest absolute Gasteiger partial charge is 0.251 e. The van der Waals surface area contributed by atoms with Crippen LogP contribution >= 0.6 is 0 Å². The van der Waals surface area contributed by atoms with E-state index in [1.165, 1.54) is 25.1 Å². The minimum Gasteiger partial charge on any atom is -0.350 e. The van der Waals surface area contributed by atoms with Crippen LogP contribution in [0.25, 0.3) is 0 Å². The van der Waals surface area contributed by atoms with Crippen molar-refractivity contribution >= 4 is 11.8 Å². The van der Waals surface area contributed by atoms with Crippen molar-refractivity contribution in [2.45, 2.75) is 13.3 Å². The van der Waals surface area contributed by atoms with Crippen LogP contribution in [0.3, 0.4) is 0 Å². The molecule has 0 aromatic heterocycles. The number of halogens is 1. The van der Waals surface area contributed by atoms with Crippen LogP contribution in [0.2, 0.25) is 0 Å². The van der Waals surface area contributed by atoms with Crippen LogP contribution < -0.4 is 5.32 Å². The predicted octanol–water partition coefficient (Wildman–Crippen LogP) is 2.65. The van der Waals surface area contributed by atoms with E-state index in [-0.39, 0.29) is 17.4 Å². The number of hydrogen-bond acceptors (Lipinski definition) is 2. The highest BCUT2D eigenvalue weighted by molar-refractivity contribution is 5.94. The second kappa shape index (κ2) is 8.82. The number of carbonyl (C=O) groups is 2. The van der Waals surface area contributed by atoms with Crippen molar-refractivity contribution in [3.63, 3.8) is 0 Å². The molecule has 4 nitrogen and oxygen atoms in total. The molecule has 0 atom stereocenters. The van der Waals surface area contributed by atoms with Crippen molar-refractivity contribution in [2.24, 2.45) is 0 Å². The molecule has 0 aliphatic rings. The van der Waals surface area contributed by atoms with Gasteiger partial charge in [-0.3, -0.25) is 9.59 Å². The summed E-state index contributed by atoms with van der Waals surface area (Å²) >= 11 is 0. The van der Waals surface area contributed by atoms with E-state index in [0.717, 1.165) is 12.0 Å². The standard InChI is InChI=1S/C19H21FN2O2/c1-15(23)22(12-10-16-6-3-2-4-7-16)13-11-21-19(24)17-8-5-9-18(20)14-17/h2-9,14H,10-13H2,1H3,(H,21,24). The SMILES string of the molecule is CC(=O)N(CCNC(=O)c1cccc(F)c1)CCc1ccccc1. The van der Waals surface area contributed by atoms with Gasteiger partial charge < -0.3 is 10.2 Å². The van der Waals surface area contributed by atoms with E-state index in [2.05, 4.69) is 5.32 Å². The Kier molecular flexibility index (Phi) is 6.49. The summed E-state index contributed by atoms with van der Waals surface area (Å²) in [5, 5.41) is 2.71. The first-order chi connectivity index (χ1) is 11.6. The molecule has 0 fully saturated rings. The molecule has 0 aliphatic carbocycles. The Morgan fingerprint density at radius 3 is 2.46 bits per heavy atom. The molecule has 0 radical (unpaired) electrons. The molecule has 0 spiro atoms. The second-order valence-electron chi connectivity index (χ2n) is 5.51. The van der Waals surface area contributed by atoms with Gasteiger partial charge in [-0.1, -0.05) is 36.4 Å². The highest BCUT2D eigenvalue weighted by atomic mass is 19.1. The lowest BCUT2D eigenvalue weighted by atomic mass is 10.1. The number of benzene rings is 2. The van der Waals surface area contributed by atoms with Crippen LogP contribution in [0, 0.1) is 5.82 Å². The van der Waals surface area contributed by atoms with Gasteiger partial charge in [0.2, 0.25) is 5.91 Å². The Morgan fingerprint density at radius 2 is 1.79 bits per heavy atom. The molecule has 2 rings (SSSR count). The molecule has 2 aromatic rings. The molecule has 0 aliphatic heterocycles. The number of nitrogens with one attached hydrogen (secondary N) is 1. The van der Waals surface area contributed by atoms with Gasteiger partial charge in [0.05, 0.1) is 0 Å². The highest BCUT2D eigenvalue weighted by Crippen LogP contribution is 2.04. The minimum atomic E-state index is -0.448. The average Bonchev–Trinajstić information content (AvgIpc) is 2.58. The Labute approximate surface area is 141 Å². The molecule has 24 heavy (non-hydrogen) atoms. The molecule has 126 valence electrons. The topological polar surface area (TPSA) is 49.4 Å². The van der Waals surface area contributed by atoms with E-state index in [0.29, 0.717) is 19.6 Å². The van der Waals surface area contributed by atoms with Crippen LogP contribution in [0.5, 0.6) is 0 Å². The summed E-state index contributed by atoms with van der Waals surface area (Å²) in [6.45, 7) is 2.85. The van der Waals surface area contributed by atoms with Gasteiger partial charge in [0.1, 0.15) is 5.82 Å².